The molecule has 0 bridgehead atoms. The molecule has 0 N–H and O–H groups in total. The van der Waals surface area contributed by atoms with Crippen LogP contribution in [0.3, 0.4) is 0 Å². The van der Waals surface area contributed by atoms with Gasteiger partial charge in [0.1, 0.15) is 5.65 Å². The minimum Gasteiger partial charge on any atom is -0.307 e. The molecular weight excluding hydrogens is 254 g/mol. The zero-order valence-electron chi connectivity index (χ0n) is 11.0. The molecule has 3 aromatic heterocycles. The highest BCUT2D eigenvalue weighted by Crippen LogP contribution is 2.21. The topological polar surface area (TPSA) is 30.2 Å². The molecule has 0 unspecified atom stereocenters. The molecule has 3 nitrogen and oxygen atoms in total. The maximum absolute atomic E-state index is 4.66. The van der Waals surface area contributed by atoms with Crippen LogP contribution in [-0.2, 0) is 5.75 Å². The Kier molecular flexibility index (Phi) is 3.25. The number of aryl methyl sites for hydroxylation is 2. The largest absolute Gasteiger partial charge is 0.307 e. The second-order valence-electron chi connectivity index (χ2n) is 4.62. The Morgan fingerprint density at radius 2 is 2.11 bits per heavy atom. The summed E-state index contributed by atoms with van der Waals surface area (Å²) in [6, 6.07) is 8.27. The summed E-state index contributed by atoms with van der Waals surface area (Å²) in [6.45, 7) is 4.13. The maximum Gasteiger partial charge on any atom is 0.139 e. The second kappa shape index (κ2) is 5.05. The van der Waals surface area contributed by atoms with Gasteiger partial charge in [-0.05, 0) is 37.1 Å². The number of fused-ring (bicyclic) bond motifs is 1. The van der Waals surface area contributed by atoms with Gasteiger partial charge in [-0.25, -0.2) is 9.97 Å². The minimum absolute atomic E-state index is 0.844. The predicted molar refractivity (Wildman–Crippen MR) is 78.5 cm³/mol. The van der Waals surface area contributed by atoms with E-state index >= 15 is 0 Å². The molecule has 4 heteroatoms. The van der Waals surface area contributed by atoms with E-state index in [2.05, 4.69) is 45.7 Å². The van der Waals surface area contributed by atoms with E-state index in [0.29, 0.717) is 0 Å². The van der Waals surface area contributed by atoms with Crippen LogP contribution in [-0.4, -0.2) is 14.4 Å². The number of hydrogen-bond donors (Lipinski definition) is 0. The van der Waals surface area contributed by atoms with Crippen molar-refractivity contribution in [2.24, 2.45) is 0 Å². The van der Waals surface area contributed by atoms with E-state index in [9.17, 15) is 0 Å². The smallest absolute Gasteiger partial charge is 0.139 e. The highest BCUT2D eigenvalue weighted by Gasteiger charge is 2.04. The molecule has 0 aliphatic rings. The number of rotatable bonds is 3. The molecule has 0 saturated carbocycles. The van der Waals surface area contributed by atoms with E-state index in [0.717, 1.165) is 22.1 Å². The van der Waals surface area contributed by atoms with E-state index in [1.165, 1.54) is 11.1 Å². The average Bonchev–Trinajstić information content (AvgIpc) is 2.83. The van der Waals surface area contributed by atoms with Gasteiger partial charge in [0.05, 0.1) is 10.7 Å². The van der Waals surface area contributed by atoms with Gasteiger partial charge in [-0.3, -0.25) is 0 Å². The van der Waals surface area contributed by atoms with Crippen molar-refractivity contribution in [1.29, 1.82) is 0 Å². The lowest BCUT2D eigenvalue weighted by Crippen LogP contribution is -1.84. The molecule has 0 aromatic carbocycles. The summed E-state index contributed by atoms with van der Waals surface area (Å²) in [5.74, 6) is 0.844. The fraction of sp³-hybridized carbons (Fsp3) is 0.200. The molecule has 0 radical (unpaired) electrons. The van der Waals surface area contributed by atoms with Gasteiger partial charge in [0, 0.05) is 24.3 Å². The second-order valence-corrected chi connectivity index (χ2v) is 5.61. The quantitative estimate of drug-likeness (QED) is 0.680. The maximum atomic E-state index is 4.66. The fourth-order valence-electron chi connectivity index (χ4n) is 1.96. The van der Waals surface area contributed by atoms with Crippen molar-refractivity contribution >= 4 is 17.4 Å². The number of hydrogen-bond acceptors (Lipinski definition) is 3. The minimum atomic E-state index is 0.844. The van der Waals surface area contributed by atoms with E-state index in [1.54, 1.807) is 11.8 Å². The number of imidazole rings is 1. The summed E-state index contributed by atoms with van der Waals surface area (Å²) in [5.41, 5.74) is 4.51. The van der Waals surface area contributed by atoms with Gasteiger partial charge in [-0.1, -0.05) is 23.9 Å². The summed E-state index contributed by atoms with van der Waals surface area (Å²) < 4.78 is 2.08. The SMILES string of the molecule is Cc1ccc(SCc2cn3cccc(C)c3n2)nc1. The van der Waals surface area contributed by atoms with Crippen LogP contribution in [0, 0.1) is 13.8 Å². The molecule has 0 amide bonds. The molecule has 0 atom stereocenters. The highest BCUT2D eigenvalue weighted by atomic mass is 32.2. The van der Waals surface area contributed by atoms with Crippen molar-refractivity contribution in [3.05, 3.63) is 59.7 Å². The van der Waals surface area contributed by atoms with Crippen LogP contribution in [0.5, 0.6) is 0 Å². The Bertz CT molecular complexity index is 701. The van der Waals surface area contributed by atoms with Crippen LogP contribution in [0.25, 0.3) is 5.65 Å². The van der Waals surface area contributed by atoms with Gasteiger partial charge in [0.2, 0.25) is 0 Å². The fourth-order valence-corrected chi connectivity index (χ4v) is 2.69. The van der Waals surface area contributed by atoms with Crippen LogP contribution < -0.4 is 0 Å². The van der Waals surface area contributed by atoms with Gasteiger partial charge in [-0.15, -0.1) is 0 Å². The molecule has 3 rings (SSSR count). The van der Waals surface area contributed by atoms with Gasteiger partial charge in [0.15, 0.2) is 0 Å². The van der Waals surface area contributed by atoms with E-state index in [-0.39, 0.29) is 0 Å². The van der Waals surface area contributed by atoms with E-state index in [4.69, 9.17) is 0 Å². The molecule has 0 fully saturated rings. The predicted octanol–water partition coefficient (Wildman–Crippen LogP) is 3.64. The molecule has 19 heavy (non-hydrogen) atoms. The third kappa shape index (κ3) is 2.63. The number of thioether (sulfide) groups is 1. The first-order chi connectivity index (χ1) is 9.22. The van der Waals surface area contributed by atoms with Crippen molar-refractivity contribution in [1.82, 2.24) is 14.4 Å². The van der Waals surface area contributed by atoms with Crippen molar-refractivity contribution in [2.45, 2.75) is 24.6 Å². The molecule has 3 aromatic rings. The summed E-state index contributed by atoms with van der Waals surface area (Å²) in [7, 11) is 0. The van der Waals surface area contributed by atoms with Crippen molar-refractivity contribution in [3.63, 3.8) is 0 Å². The zero-order chi connectivity index (χ0) is 13.2. The third-order valence-electron chi connectivity index (χ3n) is 2.98. The Labute approximate surface area is 116 Å². The molecule has 3 heterocycles. The van der Waals surface area contributed by atoms with Crippen molar-refractivity contribution in [2.75, 3.05) is 0 Å². The molecule has 0 saturated heterocycles. The summed E-state index contributed by atoms with van der Waals surface area (Å²) in [5, 5.41) is 1.04. The number of aromatic nitrogens is 3. The number of nitrogens with zero attached hydrogens (tertiary/aromatic N) is 3. The molecule has 0 aliphatic carbocycles. The zero-order valence-corrected chi connectivity index (χ0v) is 11.8. The Morgan fingerprint density at radius 3 is 2.84 bits per heavy atom. The number of pyridine rings is 2. The Hall–Kier alpha value is -1.81. The molecule has 96 valence electrons. The lowest BCUT2D eigenvalue weighted by Gasteiger charge is -1.98. The van der Waals surface area contributed by atoms with Crippen LogP contribution in [0.4, 0.5) is 0 Å². The van der Waals surface area contributed by atoms with Gasteiger partial charge < -0.3 is 4.40 Å². The Balaban J connectivity index is 1.78. The molecule has 0 spiro atoms. The first kappa shape index (κ1) is 12.2. The standard InChI is InChI=1S/C15H15N3S/c1-11-5-6-14(16-8-11)19-10-13-9-18-7-3-4-12(2)15(18)17-13/h3-9H,10H2,1-2H3. The van der Waals surface area contributed by atoms with Gasteiger partial charge in [0.25, 0.3) is 0 Å². The molecular formula is C15H15N3S. The van der Waals surface area contributed by atoms with Crippen LogP contribution in [0.15, 0.2) is 47.9 Å². The van der Waals surface area contributed by atoms with Crippen molar-refractivity contribution < 1.29 is 0 Å². The van der Waals surface area contributed by atoms with Crippen LogP contribution in [0.2, 0.25) is 0 Å². The van der Waals surface area contributed by atoms with Crippen LogP contribution >= 0.6 is 11.8 Å². The van der Waals surface area contributed by atoms with E-state index in [1.807, 2.05) is 25.4 Å². The van der Waals surface area contributed by atoms with E-state index < -0.39 is 0 Å². The summed E-state index contributed by atoms with van der Waals surface area (Å²) >= 11 is 1.72. The van der Waals surface area contributed by atoms with Crippen LogP contribution in [0.1, 0.15) is 16.8 Å². The molecule has 0 aliphatic heterocycles. The first-order valence-corrected chi connectivity index (χ1v) is 7.19. The Morgan fingerprint density at radius 1 is 1.21 bits per heavy atom. The summed E-state index contributed by atoms with van der Waals surface area (Å²) in [4.78, 5) is 9.05. The lowest BCUT2D eigenvalue weighted by molar-refractivity contribution is 1.10. The van der Waals surface area contributed by atoms with Crippen molar-refractivity contribution in [3.8, 4) is 0 Å². The van der Waals surface area contributed by atoms with Gasteiger partial charge in [-0.2, -0.15) is 0 Å². The first-order valence-electron chi connectivity index (χ1n) is 6.21. The third-order valence-corrected chi connectivity index (χ3v) is 3.96. The average molecular weight is 269 g/mol. The summed E-state index contributed by atoms with van der Waals surface area (Å²) in [6.07, 6.45) is 6.02. The monoisotopic (exact) mass is 269 g/mol. The highest BCUT2D eigenvalue weighted by molar-refractivity contribution is 7.98. The lowest BCUT2D eigenvalue weighted by atomic mass is 10.3. The normalized spacial score (nSPS) is 11.1. The van der Waals surface area contributed by atoms with Gasteiger partial charge >= 0.3 is 0 Å².